The maximum Gasteiger partial charge on any atom is 0.274 e. The number of ether oxygens (including phenoxy) is 1. The maximum absolute atomic E-state index is 13.0. The molecule has 1 aromatic heterocycles. The molecule has 0 aliphatic rings. The Hall–Kier alpha value is -3.51. The van der Waals surface area contributed by atoms with E-state index in [1.807, 2.05) is 42.5 Å². The highest BCUT2D eigenvalue weighted by molar-refractivity contribution is 5.93. The summed E-state index contributed by atoms with van der Waals surface area (Å²) >= 11 is 0. The molecule has 29 heavy (non-hydrogen) atoms. The molecule has 1 N–H and O–H groups in total. The number of aliphatic hydroxyl groups is 1. The minimum Gasteiger partial charge on any atom is -0.491 e. The van der Waals surface area contributed by atoms with E-state index in [1.165, 1.54) is 28.9 Å². The van der Waals surface area contributed by atoms with Crippen LogP contribution in [0.4, 0.5) is 4.39 Å². The van der Waals surface area contributed by atoms with Crippen LogP contribution < -0.4 is 10.3 Å². The summed E-state index contributed by atoms with van der Waals surface area (Å²) < 4.78 is 19.7. The summed E-state index contributed by atoms with van der Waals surface area (Å²) in [5, 5.41) is 16.2. The molecule has 1 unspecified atom stereocenters. The van der Waals surface area contributed by atoms with E-state index in [0.717, 1.165) is 10.9 Å². The molecule has 4 rings (SSSR count). The molecular weight excluding hydrogens is 371 g/mol. The van der Waals surface area contributed by atoms with Gasteiger partial charge in [-0.15, -0.1) is 0 Å². The van der Waals surface area contributed by atoms with Crippen molar-refractivity contribution >= 4 is 10.8 Å². The van der Waals surface area contributed by atoms with Crippen molar-refractivity contribution in [2.75, 3.05) is 6.61 Å². The number of benzene rings is 3. The molecule has 0 fully saturated rings. The fourth-order valence-corrected chi connectivity index (χ4v) is 3.14. The highest BCUT2D eigenvalue weighted by Crippen LogP contribution is 2.24. The Kier molecular flexibility index (Phi) is 5.35. The van der Waals surface area contributed by atoms with Gasteiger partial charge in [0.2, 0.25) is 0 Å². The van der Waals surface area contributed by atoms with Gasteiger partial charge >= 0.3 is 0 Å². The first-order valence-corrected chi connectivity index (χ1v) is 9.23. The summed E-state index contributed by atoms with van der Waals surface area (Å²) in [5.74, 6) is 0.0764. The lowest BCUT2D eigenvalue weighted by Gasteiger charge is -2.15. The standard InChI is InChI=1S/C23H19FN2O3/c24-17-10-12-19(13-11-17)29-15-18(27)14-26-23(28)21-9-5-4-8-20(21)22(25-26)16-6-2-1-3-7-16/h1-13,18,27H,14-15H2. The first kappa shape index (κ1) is 18.8. The van der Waals surface area contributed by atoms with Crippen LogP contribution in [-0.4, -0.2) is 27.6 Å². The molecule has 0 aliphatic heterocycles. The van der Waals surface area contributed by atoms with Crippen molar-refractivity contribution in [1.29, 1.82) is 0 Å². The fraction of sp³-hybridized carbons (Fsp3) is 0.130. The zero-order valence-electron chi connectivity index (χ0n) is 15.5. The fourth-order valence-electron chi connectivity index (χ4n) is 3.14. The third kappa shape index (κ3) is 4.17. The Balaban J connectivity index is 1.62. The van der Waals surface area contributed by atoms with Gasteiger partial charge < -0.3 is 9.84 Å². The molecule has 3 aromatic carbocycles. The Bertz CT molecular complexity index is 1170. The smallest absolute Gasteiger partial charge is 0.274 e. The van der Waals surface area contributed by atoms with Gasteiger partial charge in [-0.25, -0.2) is 9.07 Å². The van der Waals surface area contributed by atoms with Crippen molar-refractivity contribution in [2.24, 2.45) is 0 Å². The van der Waals surface area contributed by atoms with Crippen molar-refractivity contribution in [2.45, 2.75) is 12.6 Å². The zero-order valence-corrected chi connectivity index (χ0v) is 15.5. The molecule has 5 nitrogen and oxygen atoms in total. The normalized spacial score (nSPS) is 12.1. The van der Waals surface area contributed by atoms with Gasteiger partial charge in [-0.3, -0.25) is 4.79 Å². The number of nitrogens with zero attached hydrogens (tertiary/aromatic N) is 2. The molecule has 0 saturated carbocycles. The van der Waals surface area contributed by atoms with E-state index in [2.05, 4.69) is 5.10 Å². The second-order valence-corrected chi connectivity index (χ2v) is 6.67. The zero-order chi connectivity index (χ0) is 20.2. The Labute approximate surface area is 166 Å². The molecule has 0 aliphatic carbocycles. The van der Waals surface area contributed by atoms with Crippen LogP contribution in [-0.2, 0) is 6.54 Å². The average Bonchev–Trinajstić information content (AvgIpc) is 2.76. The number of hydrogen-bond acceptors (Lipinski definition) is 4. The summed E-state index contributed by atoms with van der Waals surface area (Å²) in [6.07, 6.45) is -0.963. The van der Waals surface area contributed by atoms with Gasteiger partial charge in [-0.1, -0.05) is 48.5 Å². The van der Waals surface area contributed by atoms with Crippen LogP contribution in [0.25, 0.3) is 22.0 Å². The summed E-state index contributed by atoms with van der Waals surface area (Å²) in [6, 6.07) is 22.4. The van der Waals surface area contributed by atoms with E-state index < -0.39 is 6.10 Å². The molecule has 0 spiro atoms. The molecule has 0 radical (unpaired) electrons. The number of aliphatic hydroxyl groups excluding tert-OH is 1. The predicted octanol–water partition coefficient (Wildman–Crippen LogP) is 3.64. The molecule has 6 heteroatoms. The molecule has 0 amide bonds. The first-order valence-electron chi connectivity index (χ1n) is 9.23. The minimum absolute atomic E-state index is 0.0231. The summed E-state index contributed by atoms with van der Waals surface area (Å²) in [4.78, 5) is 12.9. The predicted molar refractivity (Wildman–Crippen MR) is 109 cm³/mol. The van der Waals surface area contributed by atoms with Gasteiger partial charge in [0, 0.05) is 10.9 Å². The van der Waals surface area contributed by atoms with Gasteiger partial charge in [0.15, 0.2) is 0 Å². The third-order valence-electron chi connectivity index (χ3n) is 4.55. The van der Waals surface area contributed by atoms with Crippen LogP contribution in [0, 0.1) is 5.82 Å². The lowest BCUT2D eigenvalue weighted by atomic mass is 10.1. The number of rotatable bonds is 6. The Morgan fingerprint density at radius 3 is 2.31 bits per heavy atom. The van der Waals surface area contributed by atoms with Gasteiger partial charge in [0.05, 0.1) is 17.6 Å². The molecule has 4 aromatic rings. The minimum atomic E-state index is -0.963. The summed E-state index contributed by atoms with van der Waals surface area (Å²) in [5.41, 5.74) is 1.28. The number of fused-ring (bicyclic) bond motifs is 1. The van der Waals surface area contributed by atoms with Crippen molar-refractivity contribution in [1.82, 2.24) is 9.78 Å². The van der Waals surface area contributed by atoms with E-state index in [1.54, 1.807) is 12.1 Å². The molecule has 146 valence electrons. The molecular formula is C23H19FN2O3. The van der Waals surface area contributed by atoms with E-state index in [0.29, 0.717) is 16.8 Å². The van der Waals surface area contributed by atoms with E-state index in [9.17, 15) is 14.3 Å². The van der Waals surface area contributed by atoms with Crippen molar-refractivity contribution < 1.29 is 14.2 Å². The molecule has 1 atom stereocenters. The molecule has 1 heterocycles. The quantitative estimate of drug-likeness (QED) is 0.546. The Morgan fingerprint density at radius 1 is 0.931 bits per heavy atom. The van der Waals surface area contributed by atoms with E-state index in [-0.39, 0.29) is 24.5 Å². The third-order valence-corrected chi connectivity index (χ3v) is 4.55. The summed E-state index contributed by atoms with van der Waals surface area (Å²) in [7, 11) is 0. The van der Waals surface area contributed by atoms with Crippen LogP contribution >= 0.6 is 0 Å². The summed E-state index contributed by atoms with van der Waals surface area (Å²) in [6.45, 7) is -0.0715. The van der Waals surface area contributed by atoms with Crippen molar-refractivity contribution in [3.63, 3.8) is 0 Å². The highest BCUT2D eigenvalue weighted by atomic mass is 19.1. The van der Waals surface area contributed by atoms with Gasteiger partial charge in [0.1, 0.15) is 24.3 Å². The average molecular weight is 390 g/mol. The van der Waals surface area contributed by atoms with Crippen molar-refractivity contribution in [3.05, 3.63) is 95.0 Å². The topological polar surface area (TPSA) is 64.4 Å². The van der Waals surface area contributed by atoms with Gasteiger partial charge in [-0.05, 0) is 30.3 Å². The van der Waals surface area contributed by atoms with Gasteiger partial charge in [-0.2, -0.15) is 5.10 Å². The van der Waals surface area contributed by atoms with E-state index >= 15 is 0 Å². The highest BCUT2D eigenvalue weighted by Gasteiger charge is 2.15. The second-order valence-electron chi connectivity index (χ2n) is 6.67. The van der Waals surface area contributed by atoms with Crippen LogP contribution in [0.5, 0.6) is 5.75 Å². The van der Waals surface area contributed by atoms with Crippen LogP contribution in [0.2, 0.25) is 0 Å². The van der Waals surface area contributed by atoms with Crippen LogP contribution in [0.1, 0.15) is 0 Å². The monoisotopic (exact) mass is 390 g/mol. The molecule has 0 saturated heterocycles. The largest absolute Gasteiger partial charge is 0.491 e. The SMILES string of the molecule is O=c1c2ccccc2c(-c2ccccc2)nn1CC(O)COc1ccc(F)cc1. The van der Waals surface area contributed by atoms with Crippen LogP contribution in [0.3, 0.4) is 0 Å². The lowest BCUT2D eigenvalue weighted by molar-refractivity contribution is 0.0882. The van der Waals surface area contributed by atoms with E-state index in [4.69, 9.17) is 4.74 Å². The number of hydrogen-bond donors (Lipinski definition) is 1. The van der Waals surface area contributed by atoms with Crippen LogP contribution in [0.15, 0.2) is 83.7 Å². The number of halogens is 1. The van der Waals surface area contributed by atoms with Crippen molar-refractivity contribution in [3.8, 4) is 17.0 Å². The van der Waals surface area contributed by atoms with Gasteiger partial charge in [0.25, 0.3) is 5.56 Å². The molecule has 0 bridgehead atoms. The number of aromatic nitrogens is 2. The second kappa shape index (κ2) is 8.24. The maximum atomic E-state index is 13.0. The lowest BCUT2D eigenvalue weighted by Crippen LogP contribution is -2.32. The Morgan fingerprint density at radius 2 is 1.59 bits per heavy atom. The first-order chi connectivity index (χ1) is 14.1.